The summed E-state index contributed by atoms with van der Waals surface area (Å²) in [5, 5.41) is 0.308. The van der Waals surface area contributed by atoms with E-state index in [2.05, 4.69) is 25.6 Å². The molecule has 5 nitrogen and oxygen atoms in total. The van der Waals surface area contributed by atoms with E-state index in [-0.39, 0.29) is 20.8 Å². The highest BCUT2D eigenvalue weighted by Crippen LogP contribution is 2.28. The van der Waals surface area contributed by atoms with Crippen LogP contribution in [0.1, 0.15) is 0 Å². The molecule has 0 radical (unpaired) electrons. The molecule has 0 spiro atoms. The molecule has 0 bridgehead atoms. The van der Waals surface area contributed by atoms with Crippen LogP contribution < -0.4 is 10.5 Å². The average molecular weight is 397 g/mol. The zero-order chi connectivity index (χ0) is 14.9. The van der Waals surface area contributed by atoms with Crippen molar-refractivity contribution in [2.75, 3.05) is 10.5 Å². The fraction of sp³-hybridized carbons (Fsp3) is 0. The molecule has 0 atom stereocenters. The third-order valence-electron chi connectivity index (χ3n) is 2.29. The zero-order valence-electron chi connectivity index (χ0n) is 9.77. The summed E-state index contributed by atoms with van der Waals surface area (Å²) >= 11 is 14.8. The third-order valence-corrected chi connectivity index (χ3v) is 5.29. The zero-order valence-corrected chi connectivity index (χ0v) is 13.7. The Morgan fingerprint density at radius 2 is 1.95 bits per heavy atom. The molecule has 1 aromatic carbocycles. The van der Waals surface area contributed by atoms with Gasteiger partial charge in [-0.3, -0.25) is 4.72 Å². The van der Waals surface area contributed by atoms with Gasteiger partial charge in [-0.1, -0.05) is 23.2 Å². The van der Waals surface area contributed by atoms with E-state index < -0.39 is 10.0 Å². The van der Waals surface area contributed by atoms with Gasteiger partial charge in [0.2, 0.25) is 0 Å². The van der Waals surface area contributed by atoms with E-state index in [1.54, 1.807) is 0 Å². The fourth-order valence-corrected chi connectivity index (χ4v) is 3.44. The second-order valence-electron chi connectivity index (χ2n) is 3.79. The Hall–Kier alpha value is -1.02. The Labute approximate surface area is 134 Å². The number of nitrogens with one attached hydrogen (secondary N) is 1. The molecule has 1 aromatic heterocycles. The van der Waals surface area contributed by atoms with Gasteiger partial charge in [-0.15, -0.1) is 0 Å². The number of hydrogen-bond acceptors (Lipinski definition) is 4. The van der Waals surface area contributed by atoms with Gasteiger partial charge < -0.3 is 5.73 Å². The molecule has 0 aliphatic heterocycles. The first-order valence-corrected chi connectivity index (χ1v) is 8.22. The molecule has 0 unspecified atom stereocenters. The molecule has 2 rings (SSSR count). The Kier molecular flexibility index (Phi) is 4.43. The molecule has 1 heterocycles. The maximum absolute atomic E-state index is 12.2. The minimum absolute atomic E-state index is 0.0766. The first-order valence-electron chi connectivity index (χ1n) is 5.18. The second-order valence-corrected chi connectivity index (χ2v) is 7.06. The van der Waals surface area contributed by atoms with E-state index in [1.807, 2.05) is 0 Å². The Bertz CT molecular complexity index is 768. The van der Waals surface area contributed by atoms with Gasteiger partial charge in [0.1, 0.15) is 10.0 Å². The number of rotatable bonds is 3. The van der Waals surface area contributed by atoms with Crippen molar-refractivity contribution in [3.05, 3.63) is 45.1 Å². The lowest BCUT2D eigenvalue weighted by molar-refractivity contribution is 0.601. The van der Waals surface area contributed by atoms with Crippen LogP contribution in [-0.4, -0.2) is 13.4 Å². The monoisotopic (exact) mass is 395 g/mol. The van der Waals surface area contributed by atoms with Crippen LogP contribution in [0.25, 0.3) is 0 Å². The van der Waals surface area contributed by atoms with Gasteiger partial charge in [-0.2, -0.15) is 0 Å². The number of nitrogens with zero attached hydrogens (tertiary/aromatic N) is 1. The molecule has 0 amide bonds. The average Bonchev–Trinajstić information content (AvgIpc) is 2.36. The Balaban J connectivity index is 2.40. The molecule has 0 saturated carbocycles. The molecular weight excluding hydrogens is 389 g/mol. The predicted octanol–water partition coefficient (Wildman–Crippen LogP) is 3.53. The van der Waals surface area contributed by atoms with Crippen molar-refractivity contribution < 1.29 is 8.42 Å². The summed E-state index contributed by atoms with van der Waals surface area (Å²) in [4.78, 5) is 3.72. The number of hydrogen-bond donors (Lipinski definition) is 2. The summed E-state index contributed by atoms with van der Waals surface area (Å²) in [5.41, 5.74) is 6.12. The third kappa shape index (κ3) is 3.35. The standard InChI is InChI=1S/C11H8BrCl2N3O2S/c12-8-4-7(5-16-11(8)14)17-20(18,19)10-3-6(15)1-2-9(10)13/h1-5,17H,15H2. The smallest absolute Gasteiger partial charge is 0.263 e. The van der Waals surface area contributed by atoms with Crippen LogP contribution in [0.5, 0.6) is 0 Å². The van der Waals surface area contributed by atoms with Crippen molar-refractivity contribution in [3.8, 4) is 0 Å². The minimum atomic E-state index is -3.86. The maximum Gasteiger partial charge on any atom is 0.263 e. The lowest BCUT2D eigenvalue weighted by Crippen LogP contribution is -2.14. The summed E-state index contributed by atoms with van der Waals surface area (Å²) in [7, 11) is -3.86. The normalized spacial score (nSPS) is 11.3. The van der Waals surface area contributed by atoms with Gasteiger partial charge in [0, 0.05) is 5.69 Å². The molecule has 3 N–H and O–H groups in total. The van der Waals surface area contributed by atoms with Gasteiger partial charge in [-0.05, 0) is 40.2 Å². The van der Waals surface area contributed by atoms with Crippen LogP contribution in [0.3, 0.4) is 0 Å². The Morgan fingerprint density at radius 1 is 1.25 bits per heavy atom. The lowest BCUT2D eigenvalue weighted by Gasteiger charge is -2.10. The quantitative estimate of drug-likeness (QED) is 0.613. The summed E-state index contributed by atoms with van der Waals surface area (Å²) in [6.07, 6.45) is 1.30. The second kappa shape index (κ2) is 5.77. The number of nitrogens with two attached hydrogens (primary N) is 1. The highest BCUT2D eigenvalue weighted by atomic mass is 79.9. The number of sulfonamides is 1. The van der Waals surface area contributed by atoms with Crippen LogP contribution >= 0.6 is 39.1 Å². The number of nitrogen functional groups attached to an aromatic ring is 1. The van der Waals surface area contributed by atoms with Crippen LogP contribution in [0.15, 0.2) is 39.8 Å². The van der Waals surface area contributed by atoms with Gasteiger partial charge in [0.25, 0.3) is 10.0 Å². The molecule has 2 aromatic rings. The van der Waals surface area contributed by atoms with Crippen molar-refractivity contribution in [1.29, 1.82) is 0 Å². The van der Waals surface area contributed by atoms with Gasteiger partial charge in [0.05, 0.1) is 21.4 Å². The van der Waals surface area contributed by atoms with Crippen molar-refractivity contribution in [3.63, 3.8) is 0 Å². The first kappa shape index (κ1) is 15.4. The molecule has 106 valence electrons. The van der Waals surface area contributed by atoms with Crippen molar-refractivity contribution >= 4 is 60.5 Å². The summed E-state index contributed by atoms with van der Waals surface area (Å²) in [6, 6.07) is 5.71. The molecule has 0 saturated heterocycles. The number of anilines is 2. The number of aromatic nitrogens is 1. The molecule has 0 aliphatic carbocycles. The van der Waals surface area contributed by atoms with E-state index in [0.717, 1.165) is 0 Å². The van der Waals surface area contributed by atoms with E-state index in [9.17, 15) is 8.42 Å². The van der Waals surface area contributed by atoms with Crippen LogP contribution in [0.2, 0.25) is 10.2 Å². The van der Waals surface area contributed by atoms with E-state index in [4.69, 9.17) is 28.9 Å². The molecule has 0 fully saturated rings. The van der Waals surface area contributed by atoms with Crippen molar-refractivity contribution in [2.45, 2.75) is 4.90 Å². The van der Waals surface area contributed by atoms with Gasteiger partial charge in [0.15, 0.2) is 0 Å². The minimum Gasteiger partial charge on any atom is -0.399 e. The van der Waals surface area contributed by atoms with Crippen molar-refractivity contribution in [2.24, 2.45) is 0 Å². The van der Waals surface area contributed by atoms with Crippen molar-refractivity contribution in [1.82, 2.24) is 4.98 Å². The topological polar surface area (TPSA) is 85.1 Å². The van der Waals surface area contributed by atoms with E-state index in [0.29, 0.717) is 10.2 Å². The van der Waals surface area contributed by atoms with E-state index in [1.165, 1.54) is 30.5 Å². The van der Waals surface area contributed by atoms with Crippen LogP contribution in [-0.2, 0) is 10.0 Å². The van der Waals surface area contributed by atoms with Crippen LogP contribution in [0.4, 0.5) is 11.4 Å². The summed E-state index contributed by atoms with van der Waals surface area (Å²) in [6.45, 7) is 0. The number of pyridine rings is 1. The van der Waals surface area contributed by atoms with Crippen LogP contribution in [0, 0.1) is 0 Å². The molecule has 0 aliphatic rings. The molecule has 20 heavy (non-hydrogen) atoms. The number of halogens is 3. The Morgan fingerprint density at radius 3 is 2.60 bits per heavy atom. The fourth-order valence-electron chi connectivity index (χ4n) is 1.41. The SMILES string of the molecule is Nc1ccc(Cl)c(S(=O)(=O)Nc2cnc(Cl)c(Br)c2)c1. The first-order chi connectivity index (χ1) is 9.29. The van der Waals surface area contributed by atoms with Gasteiger partial charge in [-0.25, -0.2) is 13.4 Å². The highest BCUT2D eigenvalue weighted by molar-refractivity contribution is 9.10. The summed E-state index contributed by atoms with van der Waals surface area (Å²) < 4.78 is 27.3. The number of benzene rings is 1. The van der Waals surface area contributed by atoms with E-state index >= 15 is 0 Å². The molecular formula is C11H8BrCl2N3O2S. The summed E-state index contributed by atoms with van der Waals surface area (Å²) in [5.74, 6) is 0. The maximum atomic E-state index is 12.2. The van der Waals surface area contributed by atoms with Gasteiger partial charge >= 0.3 is 0 Å². The predicted molar refractivity (Wildman–Crippen MR) is 83.6 cm³/mol. The largest absolute Gasteiger partial charge is 0.399 e. The molecule has 9 heteroatoms. The lowest BCUT2D eigenvalue weighted by atomic mass is 10.3. The highest BCUT2D eigenvalue weighted by Gasteiger charge is 2.19.